The number of halogens is 1. The van der Waals surface area contributed by atoms with Gasteiger partial charge in [0.15, 0.2) is 0 Å². The molecule has 1 heterocycles. The Kier molecular flexibility index (Phi) is 3.74. The van der Waals surface area contributed by atoms with Gasteiger partial charge in [-0.1, -0.05) is 12.1 Å². The summed E-state index contributed by atoms with van der Waals surface area (Å²) >= 11 is 0. The summed E-state index contributed by atoms with van der Waals surface area (Å²) in [4.78, 5) is 14.7. The van der Waals surface area contributed by atoms with E-state index < -0.39 is 0 Å². The van der Waals surface area contributed by atoms with Gasteiger partial charge in [0.2, 0.25) is 5.91 Å². The predicted molar refractivity (Wildman–Crippen MR) is 76.1 cm³/mol. The first-order valence-electron chi connectivity index (χ1n) is 7.42. The van der Waals surface area contributed by atoms with Gasteiger partial charge in [-0.2, -0.15) is 0 Å². The van der Waals surface area contributed by atoms with Crippen molar-refractivity contribution in [2.75, 3.05) is 26.2 Å². The van der Waals surface area contributed by atoms with Crippen LogP contribution in [0.3, 0.4) is 0 Å². The van der Waals surface area contributed by atoms with E-state index in [1.165, 1.54) is 6.07 Å². The zero-order valence-corrected chi connectivity index (χ0v) is 11.9. The zero-order valence-electron chi connectivity index (χ0n) is 11.9. The maximum absolute atomic E-state index is 13.4. The summed E-state index contributed by atoms with van der Waals surface area (Å²) in [5.74, 6) is 0.396. The fourth-order valence-electron chi connectivity index (χ4n) is 2.99. The lowest BCUT2D eigenvalue weighted by molar-refractivity contribution is -0.133. The van der Waals surface area contributed by atoms with Crippen LogP contribution in [0.1, 0.15) is 29.9 Å². The summed E-state index contributed by atoms with van der Waals surface area (Å²) in [6, 6.07) is 5.12. The Labute approximate surface area is 119 Å². The third-order valence-electron chi connectivity index (χ3n) is 4.33. The van der Waals surface area contributed by atoms with Crippen molar-refractivity contribution in [3.05, 3.63) is 35.1 Å². The van der Waals surface area contributed by atoms with E-state index in [-0.39, 0.29) is 17.6 Å². The van der Waals surface area contributed by atoms with E-state index in [9.17, 15) is 9.18 Å². The van der Waals surface area contributed by atoms with Gasteiger partial charge < -0.3 is 10.2 Å². The fraction of sp³-hybridized carbons (Fsp3) is 0.562. The Bertz CT molecular complexity index is 507. The predicted octanol–water partition coefficient (Wildman–Crippen LogP) is 2.06. The number of carbonyl (C=O) groups excluding carboxylic acids is 1. The van der Waals surface area contributed by atoms with Crippen LogP contribution in [0, 0.1) is 18.7 Å². The van der Waals surface area contributed by atoms with Crippen LogP contribution < -0.4 is 5.32 Å². The number of piperazine rings is 1. The molecule has 108 valence electrons. The van der Waals surface area contributed by atoms with Gasteiger partial charge in [-0.05, 0) is 42.9 Å². The van der Waals surface area contributed by atoms with Gasteiger partial charge in [0, 0.05) is 26.2 Å². The second-order valence-corrected chi connectivity index (χ2v) is 5.90. The number of nitrogens with zero attached hydrogens (tertiary/aromatic N) is 1. The van der Waals surface area contributed by atoms with Gasteiger partial charge >= 0.3 is 0 Å². The fourth-order valence-corrected chi connectivity index (χ4v) is 2.99. The number of nitrogens with one attached hydrogen (secondary N) is 1. The molecule has 1 aliphatic carbocycles. The average molecular weight is 276 g/mol. The molecule has 1 saturated heterocycles. The van der Waals surface area contributed by atoms with Crippen LogP contribution in [-0.2, 0) is 4.79 Å². The molecule has 0 spiro atoms. The van der Waals surface area contributed by atoms with Gasteiger partial charge in [-0.25, -0.2) is 4.39 Å². The molecular weight excluding hydrogens is 255 g/mol. The van der Waals surface area contributed by atoms with E-state index in [4.69, 9.17) is 0 Å². The maximum atomic E-state index is 13.4. The van der Waals surface area contributed by atoms with Crippen LogP contribution in [0.15, 0.2) is 18.2 Å². The molecule has 1 amide bonds. The maximum Gasteiger partial charge on any atom is 0.230 e. The molecule has 1 N–H and O–H groups in total. The molecule has 1 saturated carbocycles. The molecule has 1 atom stereocenters. The van der Waals surface area contributed by atoms with Crippen LogP contribution in [0.2, 0.25) is 0 Å². The molecule has 1 aromatic carbocycles. The van der Waals surface area contributed by atoms with Crippen LogP contribution in [0.25, 0.3) is 0 Å². The van der Waals surface area contributed by atoms with Gasteiger partial charge in [0.1, 0.15) is 5.82 Å². The Balaban J connectivity index is 1.84. The lowest BCUT2D eigenvalue weighted by Gasteiger charge is -2.31. The van der Waals surface area contributed by atoms with Crippen molar-refractivity contribution in [3.63, 3.8) is 0 Å². The highest BCUT2D eigenvalue weighted by molar-refractivity contribution is 5.84. The summed E-state index contributed by atoms with van der Waals surface area (Å²) in [6.45, 7) is 5.06. The minimum absolute atomic E-state index is 0.0765. The lowest BCUT2D eigenvalue weighted by Crippen LogP contribution is -2.48. The monoisotopic (exact) mass is 276 g/mol. The Morgan fingerprint density at radius 3 is 2.65 bits per heavy atom. The summed E-state index contributed by atoms with van der Waals surface area (Å²) in [5, 5.41) is 3.27. The third-order valence-corrected chi connectivity index (χ3v) is 4.33. The normalized spacial score (nSPS) is 20.8. The van der Waals surface area contributed by atoms with Gasteiger partial charge in [0.25, 0.3) is 0 Å². The van der Waals surface area contributed by atoms with E-state index >= 15 is 0 Å². The number of amides is 1. The van der Waals surface area contributed by atoms with E-state index in [1.807, 2.05) is 11.0 Å². The first-order valence-corrected chi connectivity index (χ1v) is 7.42. The van der Waals surface area contributed by atoms with Crippen molar-refractivity contribution >= 4 is 5.91 Å². The largest absolute Gasteiger partial charge is 0.340 e. The Hall–Kier alpha value is -1.42. The molecule has 2 fully saturated rings. The summed E-state index contributed by atoms with van der Waals surface area (Å²) in [5.41, 5.74) is 1.61. The molecule has 2 aliphatic rings. The second kappa shape index (κ2) is 5.52. The molecular formula is C16H21FN2O. The molecule has 0 bridgehead atoms. The van der Waals surface area contributed by atoms with E-state index in [0.717, 1.165) is 44.6 Å². The molecule has 0 radical (unpaired) electrons. The molecule has 1 aromatic rings. The third kappa shape index (κ3) is 2.70. The minimum Gasteiger partial charge on any atom is -0.340 e. The van der Waals surface area contributed by atoms with Crippen molar-refractivity contribution in [1.29, 1.82) is 0 Å². The second-order valence-electron chi connectivity index (χ2n) is 5.90. The topological polar surface area (TPSA) is 32.3 Å². The van der Waals surface area contributed by atoms with Crippen molar-refractivity contribution in [1.82, 2.24) is 10.2 Å². The first-order chi connectivity index (χ1) is 9.66. The molecule has 0 aromatic heterocycles. The minimum atomic E-state index is -0.196. The smallest absolute Gasteiger partial charge is 0.230 e. The highest BCUT2D eigenvalue weighted by Crippen LogP contribution is 2.44. The van der Waals surface area contributed by atoms with Crippen molar-refractivity contribution in [3.8, 4) is 0 Å². The zero-order chi connectivity index (χ0) is 14.1. The Morgan fingerprint density at radius 1 is 1.35 bits per heavy atom. The number of hydrogen-bond acceptors (Lipinski definition) is 2. The molecule has 1 unspecified atom stereocenters. The van der Waals surface area contributed by atoms with Crippen LogP contribution >= 0.6 is 0 Å². The molecule has 4 heteroatoms. The average Bonchev–Trinajstić information content (AvgIpc) is 3.28. The van der Waals surface area contributed by atoms with Gasteiger partial charge in [0.05, 0.1) is 5.92 Å². The Morgan fingerprint density at radius 2 is 2.05 bits per heavy atom. The molecule has 20 heavy (non-hydrogen) atoms. The number of hydrogen-bond donors (Lipinski definition) is 1. The first kappa shape index (κ1) is 13.6. The number of rotatable bonds is 3. The van der Waals surface area contributed by atoms with Gasteiger partial charge in [-0.15, -0.1) is 0 Å². The summed E-state index contributed by atoms with van der Waals surface area (Å²) < 4.78 is 13.4. The lowest BCUT2D eigenvalue weighted by atomic mass is 9.91. The van der Waals surface area contributed by atoms with Crippen molar-refractivity contribution in [2.45, 2.75) is 25.7 Å². The van der Waals surface area contributed by atoms with Crippen molar-refractivity contribution < 1.29 is 9.18 Å². The number of aryl methyl sites for hydroxylation is 1. The molecule has 3 rings (SSSR count). The summed E-state index contributed by atoms with van der Waals surface area (Å²) in [6.07, 6.45) is 2.22. The summed E-state index contributed by atoms with van der Waals surface area (Å²) in [7, 11) is 0. The standard InChI is InChI=1S/C16H21FN2O/c1-11-10-13(4-5-14(11)17)15(12-2-3-12)16(20)19-8-6-18-7-9-19/h4-5,10,12,15,18H,2-3,6-9H2,1H3. The SMILES string of the molecule is Cc1cc(C(C(=O)N2CCNCC2)C2CC2)ccc1F. The number of carbonyl (C=O) groups is 1. The van der Waals surface area contributed by atoms with E-state index in [0.29, 0.717) is 11.5 Å². The van der Waals surface area contributed by atoms with Gasteiger partial charge in [-0.3, -0.25) is 4.79 Å². The van der Waals surface area contributed by atoms with E-state index in [2.05, 4.69) is 5.32 Å². The highest BCUT2D eigenvalue weighted by Gasteiger charge is 2.39. The number of benzene rings is 1. The van der Waals surface area contributed by atoms with Crippen molar-refractivity contribution in [2.24, 2.45) is 5.92 Å². The molecule has 1 aliphatic heterocycles. The van der Waals surface area contributed by atoms with Crippen LogP contribution in [0.4, 0.5) is 4.39 Å². The van der Waals surface area contributed by atoms with Crippen LogP contribution in [0.5, 0.6) is 0 Å². The quantitative estimate of drug-likeness (QED) is 0.916. The van der Waals surface area contributed by atoms with Crippen LogP contribution in [-0.4, -0.2) is 37.0 Å². The molecule has 3 nitrogen and oxygen atoms in total. The highest BCUT2D eigenvalue weighted by atomic mass is 19.1. The van der Waals surface area contributed by atoms with E-state index in [1.54, 1.807) is 13.0 Å².